The Morgan fingerprint density at radius 1 is 0.812 bits per heavy atom. The molecule has 7 rings (SSSR count). The summed E-state index contributed by atoms with van der Waals surface area (Å²) in [6.07, 6.45) is 0.860. The maximum absolute atomic E-state index is 14.0. The van der Waals surface area contributed by atoms with Crippen molar-refractivity contribution in [3.63, 3.8) is 0 Å². The van der Waals surface area contributed by atoms with Gasteiger partial charge < -0.3 is 4.79 Å². The molecule has 1 fully saturated rings. The number of anilines is 1. The fraction of sp³-hybridized carbons (Fsp3) is 0.192. The van der Waals surface area contributed by atoms with Crippen molar-refractivity contribution in [2.75, 3.05) is 4.90 Å². The first-order valence-corrected chi connectivity index (χ1v) is 11.1. The predicted molar refractivity (Wildman–Crippen MR) is 122 cm³/mol. The van der Waals surface area contributed by atoms with E-state index in [1.165, 1.54) is 6.07 Å². The van der Waals surface area contributed by atoms with E-state index in [9.17, 15) is 14.4 Å². The van der Waals surface area contributed by atoms with Crippen LogP contribution in [0.3, 0.4) is 0 Å². The second kappa shape index (κ2) is 6.31. The minimum atomic E-state index is -1.24. The number of imide groups is 1. The Hall–Kier alpha value is -2.95. The molecule has 2 atom stereocenters. The molecule has 0 aromatic heterocycles. The van der Waals surface area contributed by atoms with Crippen molar-refractivity contribution in [1.29, 1.82) is 0 Å². The first-order chi connectivity index (χ1) is 15.4. The van der Waals surface area contributed by atoms with Gasteiger partial charge in [0.1, 0.15) is 6.29 Å². The molecule has 0 unspecified atom stereocenters. The number of aldehydes is 1. The molecule has 32 heavy (non-hydrogen) atoms. The molecule has 1 saturated heterocycles. The lowest BCUT2D eigenvalue weighted by atomic mass is 9.42. The Kier molecular flexibility index (Phi) is 3.88. The van der Waals surface area contributed by atoms with Gasteiger partial charge in [0.15, 0.2) is 0 Å². The summed E-state index contributed by atoms with van der Waals surface area (Å²) in [4.78, 5) is 42.1. The maximum atomic E-state index is 14.0. The van der Waals surface area contributed by atoms with Crippen LogP contribution in [0.5, 0.6) is 0 Å². The van der Waals surface area contributed by atoms with Crippen LogP contribution in [-0.2, 0) is 25.2 Å². The first kappa shape index (κ1) is 19.7. The van der Waals surface area contributed by atoms with Gasteiger partial charge in [-0.15, -0.1) is 0 Å². The van der Waals surface area contributed by atoms with Gasteiger partial charge in [0.2, 0.25) is 11.8 Å². The standard InChI is InChI=1S/C26H17Cl2NO3/c1-25-15-6-2-4-8-17(15)26(13-30,18-9-5-3-7-16(18)25)22-21(25)23(31)29(24(22)32)20-11-10-14(27)12-19(20)28/h2-13,21-22H,1H3/t21-,22+,25?,26?/m0/s1. The van der Waals surface area contributed by atoms with Crippen molar-refractivity contribution >= 4 is 47.0 Å². The van der Waals surface area contributed by atoms with Crippen molar-refractivity contribution < 1.29 is 14.4 Å². The smallest absolute Gasteiger partial charge is 0.239 e. The highest BCUT2D eigenvalue weighted by Crippen LogP contribution is 2.66. The lowest BCUT2D eigenvalue weighted by molar-refractivity contribution is -0.129. The highest BCUT2D eigenvalue weighted by Gasteiger charge is 2.72. The number of hydrogen-bond acceptors (Lipinski definition) is 3. The van der Waals surface area contributed by atoms with E-state index in [0.29, 0.717) is 5.02 Å². The highest BCUT2D eigenvalue weighted by atomic mass is 35.5. The van der Waals surface area contributed by atoms with Gasteiger partial charge in [0.05, 0.1) is 28.0 Å². The molecule has 2 bridgehead atoms. The number of halogens is 2. The quantitative estimate of drug-likeness (QED) is 0.402. The van der Waals surface area contributed by atoms with E-state index in [2.05, 4.69) is 0 Å². The van der Waals surface area contributed by atoms with E-state index in [1.54, 1.807) is 12.1 Å². The Balaban J connectivity index is 1.69. The Morgan fingerprint density at radius 3 is 1.88 bits per heavy atom. The minimum Gasteiger partial charge on any atom is -0.302 e. The summed E-state index contributed by atoms with van der Waals surface area (Å²) in [5.41, 5.74) is 1.70. The second-order valence-corrected chi connectivity index (χ2v) is 9.69. The van der Waals surface area contributed by atoms with Crippen LogP contribution in [0.2, 0.25) is 10.0 Å². The monoisotopic (exact) mass is 461 g/mol. The molecule has 158 valence electrons. The third kappa shape index (κ3) is 2.03. The SMILES string of the molecule is CC12c3ccccc3C(C=O)(c3ccccc31)[C@H]1C(=O)N(c3ccc(Cl)cc3Cl)C(=O)[C@H]12. The molecule has 0 N–H and O–H groups in total. The third-order valence-electron chi connectivity index (χ3n) is 7.62. The third-order valence-corrected chi connectivity index (χ3v) is 8.16. The van der Waals surface area contributed by atoms with E-state index in [4.69, 9.17) is 23.2 Å². The van der Waals surface area contributed by atoms with Crippen LogP contribution < -0.4 is 4.90 Å². The van der Waals surface area contributed by atoms with Crippen LogP contribution in [0.25, 0.3) is 0 Å². The van der Waals surface area contributed by atoms with Crippen molar-refractivity contribution in [2.24, 2.45) is 11.8 Å². The summed E-state index contributed by atoms with van der Waals surface area (Å²) in [6, 6.07) is 20.0. The van der Waals surface area contributed by atoms with Gasteiger partial charge in [-0.05, 0) is 40.5 Å². The van der Waals surface area contributed by atoms with Crippen LogP contribution in [0.1, 0.15) is 29.2 Å². The van der Waals surface area contributed by atoms with Gasteiger partial charge in [0, 0.05) is 10.4 Å². The summed E-state index contributed by atoms with van der Waals surface area (Å²) in [6.45, 7) is 2.01. The number of benzene rings is 3. The number of rotatable bonds is 2. The molecular formula is C26H17Cl2NO3. The molecule has 3 aliphatic carbocycles. The molecule has 0 radical (unpaired) electrons. The average Bonchev–Trinajstić information content (AvgIpc) is 3.07. The van der Waals surface area contributed by atoms with Gasteiger partial charge in [-0.1, -0.05) is 78.7 Å². The summed E-state index contributed by atoms with van der Waals surface area (Å²) < 4.78 is 0. The fourth-order valence-corrected chi connectivity index (χ4v) is 6.86. The zero-order valence-electron chi connectivity index (χ0n) is 17.0. The predicted octanol–water partition coefficient (Wildman–Crippen LogP) is 4.92. The molecule has 2 amide bonds. The number of amides is 2. The van der Waals surface area contributed by atoms with Crippen LogP contribution in [0, 0.1) is 11.8 Å². The van der Waals surface area contributed by atoms with Crippen LogP contribution in [0.15, 0.2) is 66.7 Å². The maximum Gasteiger partial charge on any atom is 0.239 e. The zero-order valence-corrected chi connectivity index (χ0v) is 18.5. The van der Waals surface area contributed by atoms with Crippen molar-refractivity contribution in [2.45, 2.75) is 17.8 Å². The average molecular weight is 462 g/mol. The molecule has 3 aromatic rings. The van der Waals surface area contributed by atoms with Gasteiger partial charge in [-0.2, -0.15) is 0 Å². The molecule has 3 aromatic carbocycles. The van der Waals surface area contributed by atoms with Gasteiger partial charge in [0.25, 0.3) is 0 Å². The number of carbonyl (C=O) groups excluding carboxylic acids is 3. The Morgan fingerprint density at radius 2 is 1.34 bits per heavy atom. The van der Waals surface area contributed by atoms with E-state index < -0.39 is 28.6 Å². The van der Waals surface area contributed by atoms with Crippen LogP contribution in [0.4, 0.5) is 5.69 Å². The minimum absolute atomic E-state index is 0.213. The summed E-state index contributed by atoms with van der Waals surface area (Å²) in [5, 5.41) is 0.622. The van der Waals surface area contributed by atoms with Gasteiger partial charge in [-0.25, -0.2) is 4.90 Å². The van der Waals surface area contributed by atoms with Crippen molar-refractivity contribution in [3.8, 4) is 0 Å². The fourth-order valence-electron chi connectivity index (χ4n) is 6.36. The topological polar surface area (TPSA) is 54.5 Å². The second-order valence-electron chi connectivity index (χ2n) is 8.84. The Bertz CT molecular complexity index is 1320. The largest absolute Gasteiger partial charge is 0.302 e. The zero-order chi connectivity index (χ0) is 22.4. The molecule has 0 spiro atoms. The molecular weight excluding hydrogens is 445 g/mol. The summed E-state index contributed by atoms with van der Waals surface area (Å²) in [7, 11) is 0. The van der Waals surface area contributed by atoms with Crippen molar-refractivity contribution in [1.82, 2.24) is 0 Å². The summed E-state index contributed by atoms with van der Waals surface area (Å²) in [5.74, 6) is -2.33. The lowest BCUT2D eigenvalue weighted by Gasteiger charge is -2.56. The number of carbonyl (C=O) groups is 3. The molecule has 1 heterocycles. The highest BCUT2D eigenvalue weighted by molar-refractivity contribution is 6.38. The van der Waals surface area contributed by atoms with E-state index in [-0.39, 0.29) is 16.6 Å². The lowest BCUT2D eigenvalue weighted by Crippen LogP contribution is -2.61. The van der Waals surface area contributed by atoms with E-state index >= 15 is 0 Å². The molecule has 4 nitrogen and oxygen atoms in total. The molecule has 0 saturated carbocycles. The number of hydrogen-bond donors (Lipinski definition) is 0. The van der Waals surface area contributed by atoms with Gasteiger partial charge >= 0.3 is 0 Å². The number of nitrogens with zero attached hydrogens (tertiary/aromatic N) is 1. The van der Waals surface area contributed by atoms with Gasteiger partial charge in [-0.3, -0.25) is 9.59 Å². The normalized spacial score (nSPS) is 29.5. The Labute approximate surface area is 194 Å². The molecule has 1 aliphatic heterocycles. The van der Waals surface area contributed by atoms with Crippen LogP contribution in [-0.4, -0.2) is 18.1 Å². The van der Waals surface area contributed by atoms with Crippen molar-refractivity contribution in [3.05, 3.63) is 99.0 Å². The first-order valence-electron chi connectivity index (χ1n) is 10.4. The van der Waals surface area contributed by atoms with E-state index in [0.717, 1.165) is 33.4 Å². The van der Waals surface area contributed by atoms with Crippen LogP contribution >= 0.6 is 23.2 Å². The summed E-state index contributed by atoms with van der Waals surface area (Å²) >= 11 is 12.5. The van der Waals surface area contributed by atoms with E-state index in [1.807, 2.05) is 55.5 Å². The molecule has 6 heteroatoms. The molecule has 4 aliphatic rings.